The predicted molar refractivity (Wildman–Crippen MR) is 87.1 cm³/mol. The number of benzene rings is 1. The molecule has 0 saturated heterocycles. The lowest BCUT2D eigenvalue weighted by molar-refractivity contribution is 0.0725. The van der Waals surface area contributed by atoms with E-state index in [2.05, 4.69) is 46.9 Å². The zero-order valence-corrected chi connectivity index (χ0v) is 14.2. The van der Waals surface area contributed by atoms with Crippen LogP contribution in [0.1, 0.15) is 54.4 Å². The standard InChI is InChI=1S/C18H29NO2/c1-17(2,3)19-13-10-16(11-13)20-14-8-7-9-15(12-14)21-18(4,5)6/h7-9,12-13,16,19H,10-11H2,1-6H3. The third-order valence-electron chi connectivity index (χ3n) is 3.26. The predicted octanol–water partition coefficient (Wildman–Crippen LogP) is 4.16. The maximum absolute atomic E-state index is 6.03. The summed E-state index contributed by atoms with van der Waals surface area (Å²) in [5.41, 5.74) is -0.00703. The Kier molecular flexibility index (Phi) is 4.52. The fourth-order valence-electron chi connectivity index (χ4n) is 2.55. The van der Waals surface area contributed by atoms with Gasteiger partial charge in [-0.3, -0.25) is 0 Å². The third-order valence-corrected chi connectivity index (χ3v) is 3.26. The molecule has 3 nitrogen and oxygen atoms in total. The van der Waals surface area contributed by atoms with E-state index in [1.54, 1.807) is 0 Å². The third kappa shape index (κ3) is 5.58. The molecule has 118 valence electrons. The van der Waals surface area contributed by atoms with Crippen LogP contribution < -0.4 is 14.8 Å². The lowest BCUT2D eigenvalue weighted by Crippen LogP contribution is -2.53. The SMILES string of the molecule is CC(C)(C)NC1CC(Oc2cccc(OC(C)(C)C)c2)C1. The molecule has 0 atom stereocenters. The molecule has 2 rings (SSSR count). The number of hydrogen-bond acceptors (Lipinski definition) is 3. The summed E-state index contributed by atoms with van der Waals surface area (Å²) in [5, 5.41) is 3.61. The summed E-state index contributed by atoms with van der Waals surface area (Å²) in [6.07, 6.45) is 2.46. The van der Waals surface area contributed by atoms with Crippen molar-refractivity contribution in [1.82, 2.24) is 5.32 Å². The molecule has 1 N–H and O–H groups in total. The van der Waals surface area contributed by atoms with Crippen LogP contribution in [0.25, 0.3) is 0 Å². The van der Waals surface area contributed by atoms with Gasteiger partial charge in [-0.25, -0.2) is 0 Å². The van der Waals surface area contributed by atoms with Crippen molar-refractivity contribution in [3.8, 4) is 11.5 Å². The molecular formula is C18H29NO2. The summed E-state index contributed by atoms with van der Waals surface area (Å²) in [4.78, 5) is 0. The van der Waals surface area contributed by atoms with Crippen LogP contribution in [0, 0.1) is 0 Å². The molecular weight excluding hydrogens is 262 g/mol. The first-order chi connectivity index (χ1) is 9.61. The average Bonchev–Trinajstić information content (AvgIpc) is 2.22. The van der Waals surface area contributed by atoms with Gasteiger partial charge in [0.05, 0.1) is 0 Å². The second-order valence-electron chi connectivity index (χ2n) is 7.99. The van der Waals surface area contributed by atoms with E-state index >= 15 is 0 Å². The number of rotatable bonds is 4. The molecule has 1 fully saturated rings. The maximum atomic E-state index is 6.03. The summed E-state index contributed by atoms with van der Waals surface area (Å²) in [5.74, 6) is 1.76. The Bertz CT molecular complexity index is 465. The molecule has 0 spiro atoms. The minimum absolute atomic E-state index is 0.177. The second-order valence-corrected chi connectivity index (χ2v) is 7.99. The van der Waals surface area contributed by atoms with E-state index in [4.69, 9.17) is 9.47 Å². The van der Waals surface area contributed by atoms with Gasteiger partial charge >= 0.3 is 0 Å². The molecule has 0 aliphatic heterocycles. The van der Waals surface area contributed by atoms with Gasteiger partial charge in [-0.05, 0) is 66.5 Å². The number of hydrogen-bond donors (Lipinski definition) is 1. The zero-order chi connectivity index (χ0) is 15.7. The molecule has 1 aromatic carbocycles. The zero-order valence-electron chi connectivity index (χ0n) is 14.2. The van der Waals surface area contributed by atoms with Crippen LogP contribution >= 0.6 is 0 Å². The lowest BCUT2D eigenvalue weighted by Gasteiger charge is -2.40. The molecule has 1 saturated carbocycles. The largest absolute Gasteiger partial charge is 0.490 e. The highest BCUT2D eigenvalue weighted by atomic mass is 16.5. The molecule has 1 aliphatic rings. The number of ether oxygens (including phenoxy) is 2. The molecule has 21 heavy (non-hydrogen) atoms. The van der Waals surface area contributed by atoms with Crippen molar-refractivity contribution in [2.24, 2.45) is 0 Å². The molecule has 1 aliphatic carbocycles. The minimum atomic E-state index is -0.184. The normalized spacial score (nSPS) is 22.6. The van der Waals surface area contributed by atoms with Gasteiger partial charge in [0.15, 0.2) is 0 Å². The minimum Gasteiger partial charge on any atom is -0.490 e. The van der Waals surface area contributed by atoms with Gasteiger partial charge < -0.3 is 14.8 Å². The number of nitrogens with one attached hydrogen (secondary N) is 1. The van der Waals surface area contributed by atoms with Crippen molar-refractivity contribution >= 4 is 0 Å². The Labute approximate surface area is 129 Å². The molecule has 3 heteroatoms. The van der Waals surface area contributed by atoms with E-state index in [0.717, 1.165) is 24.3 Å². The molecule has 0 amide bonds. The fraction of sp³-hybridized carbons (Fsp3) is 0.667. The Morgan fingerprint density at radius 2 is 1.62 bits per heavy atom. The van der Waals surface area contributed by atoms with Crippen molar-refractivity contribution in [3.63, 3.8) is 0 Å². The molecule has 0 radical (unpaired) electrons. The van der Waals surface area contributed by atoms with Gasteiger partial charge in [-0.1, -0.05) is 6.07 Å². The van der Waals surface area contributed by atoms with Crippen LogP contribution in [-0.4, -0.2) is 23.3 Å². The first kappa shape index (κ1) is 16.2. The van der Waals surface area contributed by atoms with E-state index < -0.39 is 0 Å². The van der Waals surface area contributed by atoms with Crippen LogP contribution in [0.2, 0.25) is 0 Å². The summed E-state index contributed by atoms with van der Waals surface area (Å²) in [7, 11) is 0. The first-order valence-corrected chi connectivity index (χ1v) is 7.84. The van der Waals surface area contributed by atoms with Gasteiger partial charge in [0.1, 0.15) is 23.2 Å². The van der Waals surface area contributed by atoms with Gasteiger partial charge in [-0.2, -0.15) is 0 Å². The van der Waals surface area contributed by atoms with E-state index in [9.17, 15) is 0 Å². The van der Waals surface area contributed by atoms with Crippen molar-refractivity contribution in [2.45, 2.75) is 77.7 Å². The van der Waals surface area contributed by atoms with Crippen molar-refractivity contribution in [1.29, 1.82) is 0 Å². The summed E-state index contributed by atoms with van der Waals surface area (Å²) < 4.78 is 11.9. The molecule has 0 heterocycles. The van der Waals surface area contributed by atoms with Crippen LogP contribution in [-0.2, 0) is 0 Å². The first-order valence-electron chi connectivity index (χ1n) is 7.84. The summed E-state index contributed by atoms with van der Waals surface area (Å²) >= 11 is 0. The van der Waals surface area contributed by atoms with Crippen molar-refractivity contribution < 1.29 is 9.47 Å². The Morgan fingerprint density at radius 3 is 2.19 bits per heavy atom. The highest BCUT2D eigenvalue weighted by Crippen LogP contribution is 2.30. The van der Waals surface area contributed by atoms with Crippen LogP contribution in [0.15, 0.2) is 24.3 Å². The quantitative estimate of drug-likeness (QED) is 0.903. The van der Waals surface area contributed by atoms with E-state index in [0.29, 0.717) is 12.1 Å². The van der Waals surface area contributed by atoms with Gasteiger partial charge in [0.25, 0.3) is 0 Å². The molecule has 0 aromatic heterocycles. The summed E-state index contributed by atoms with van der Waals surface area (Å²) in [6.45, 7) is 12.8. The van der Waals surface area contributed by atoms with E-state index in [1.165, 1.54) is 0 Å². The summed E-state index contributed by atoms with van der Waals surface area (Å²) in [6, 6.07) is 8.52. The Hall–Kier alpha value is -1.22. The topological polar surface area (TPSA) is 30.5 Å². The monoisotopic (exact) mass is 291 g/mol. The van der Waals surface area contributed by atoms with Gasteiger partial charge in [0, 0.05) is 17.6 Å². The van der Waals surface area contributed by atoms with E-state index in [1.807, 2.05) is 24.3 Å². The van der Waals surface area contributed by atoms with E-state index in [-0.39, 0.29) is 11.1 Å². The highest BCUT2D eigenvalue weighted by molar-refractivity contribution is 5.33. The fourth-order valence-corrected chi connectivity index (χ4v) is 2.55. The van der Waals surface area contributed by atoms with Crippen molar-refractivity contribution in [2.75, 3.05) is 0 Å². The smallest absolute Gasteiger partial charge is 0.123 e. The van der Waals surface area contributed by atoms with Crippen LogP contribution in [0.4, 0.5) is 0 Å². The highest BCUT2D eigenvalue weighted by Gasteiger charge is 2.33. The van der Waals surface area contributed by atoms with Gasteiger partial charge in [-0.15, -0.1) is 0 Å². The van der Waals surface area contributed by atoms with Gasteiger partial charge in [0.2, 0.25) is 0 Å². The molecule has 0 bridgehead atoms. The maximum Gasteiger partial charge on any atom is 0.123 e. The Balaban J connectivity index is 1.84. The molecule has 0 unspecified atom stereocenters. The second kappa shape index (κ2) is 5.88. The van der Waals surface area contributed by atoms with Crippen LogP contribution in [0.3, 0.4) is 0 Å². The Morgan fingerprint density at radius 1 is 1.00 bits per heavy atom. The van der Waals surface area contributed by atoms with Crippen LogP contribution in [0.5, 0.6) is 11.5 Å². The molecule has 1 aromatic rings. The lowest BCUT2D eigenvalue weighted by atomic mass is 9.87. The average molecular weight is 291 g/mol. The van der Waals surface area contributed by atoms with Crippen molar-refractivity contribution in [3.05, 3.63) is 24.3 Å².